The normalized spacial score (nSPS) is 10.8. The van der Waals surface area contributed by atoms with Gasteiger partial charge in [-0.1, -0.05) is 0 Å². The van der Waals surface area contributed by atoms with Gasteiger partial charge in [-0.15, -0.1) is 11.3 Å². The molecule has 6 nitrogen and oxygen atoms in total. The zero-order chi connectivity index (χ0) is 20.8. The van der Waals surface area contributed by atoms with E-state index >= 15 is 0 Å². The van der Waals surface area contributed by atoms with Crippen LogP contribution in [0.5, 0.6) is 11.5 Å². The summed E-state index contributed by atoms with van der Waals surface area (Å²) < 4.78 is 11.7. The Morgan fingerprint density at radius 2 is 1.86 bits per heavy atom. The van der Waals surface area contributed by atoms with Gasteiger partial charge in [-0.25, -0.2) is 4.79 Å². The van der Waals surface area contributed by atoms with Gasteiger partial charge < -0.3 is 19.5 Å². The molecule has 0 aliphatic rings. The third-order valence-electron chi connectivity index (χ3n) is 4.12. The van der Waals surface area contributed by atoms with Gasteiger partial charge in [0.2, 0.25) is 0 Å². The second-order valence-corrected chi connectivity index (χ2v) is 7.61. The first kappa shape index (κ1) is 20.7. The Bertz CT molecular complexity index is 940. The van der Waals surface area contributed by atoms with Crippen LogP contribution in [-0.2, 0) is 6.54 Å². The molecule has 0 amide bonds. The summed E-state index contributed by atoms with van der Waals surface area (Å²) in [6.07, 6.45) is 1.88. The molecule has 7 heteroatoms. The number of thiazole rings is 1. The maximum absolute atomic E-state index is 11.2. The molecule has 0 radical (unpaired) electrons. The molecule has 3 aromatic rings. The van der Waals surface area contributed by atoms with Gasteiger partial charge in [0.25, 0.3) is 0 Å². The summed E-state index contributed by atoms with van der Waals surface area (Å²) in [4.78, 5) is 18.6. The number of nitrogens with zero attached hydrogens (tertiary/aromatic N) is 2. The highest BCUT2D eigenvalue weighted by Crippen LogP contribution is 2.36. The van der Waals surface area contributed by atoms with Gasteiger partial charge >= 0.3 is 5.97 Å². The third-order valence-corrected chi connectivity index (χ3v) is 4.89. The molecule has 0 unspecified atom stereocenters. The first-order chi connectivity index (χ1) is 14.0. The van der Waals surface area contributed by atoms with Crippen molar-refractivity contribution in [2.75, 3.05) is 11.5 Å². The molecule has 0 spiro atoms. The number of carboxylic acids is 1. The fraction of sp³-hybridized carbons (Fsp3) is 0.273. The number of aromatic nitrogens is 1. The fourth-order valence-electron chi connectivity index (χ4n) is 2.88. The van der Waals surface area contributed by atoms with Gasteiger partial charge in [0.05, 0.1) is 30.3 Å². The average Bonchev–Trinajstić information content (AvgIpc) is 3.21. The van der Waals surface area contributed by atoms with E-state index in [0.717, 1.165) is 16.3 Å². The smallest absolute Gasteiger partial charge is 0.335 e. The minimum Gasteiger partial charge on any atom is -0.490 e. The highest BCUT2D eigenvalue weighted by atomic mass is 32.1. The monoisotopic (exact) mass is 412 g/mol. The Labute approximate surface area is 174 Å². The van der Waals surface area contributed by atoms with Crippen molar-refractivity contribution in [3.05, 3.63) is 64.6 Å². The highest BCUT2D eigenvalue weighted by molar-refractivity contribution is 7.09. The van der Waals surface area contributed by atoms with Gasteiger partial charge in [-0.2, -0.15) is 0 Å². The van der Waals surface area contributed by atoms with Crippen LogP contribution in [0.1, 0.15) is 36.0 Å². The molecular formula is C22H24N2O4S. The topological polar surface area (TPSA) is 71.9 Å². The van der Waals surface area contributed by atoms with E-state index in [-0.39, 0.29) is 11.7 Å². The Kier molecular flexibility index (Phi) is 6.72. The quantitative estimate of drug-likeness (QED) is 0.510. The minimum absolute atomic E-state index is 0.0388. The van der Waals surface area contributed by atoms with Gasteiger partial charge in [-0.3, -0.25) is 4.98 Å². The van der Waals surface area contributed by atoms with Crippen LogP contribution in [0.3, 0.4) is 0 Å². The van der Waals surface area contributed by atoms with Crippen LogP contribution in [0.2, 0.25) is 0 Å². The largest absolute Gasteiger partial charge is 0.490 e. The Morgan fingerprint density at radius 3 is 2.45 bits per heavy atom. The van der Waals surface area contributed by atoms with Crippen LogP contribution in [0, 0.1) is 0 Å². The van der Waals surface area contributed by atoms with E-state index in [1.54, 1.807) is 29.0 Å². The molecule has 0 saturated carbocycles. The van der Waals surface area contributed by atoms with Crippen molar-refractivity contribution in [2.24, 2.45) is 0 Å². The van der Waals surface area contributed by atoms with E-state index in [1.807, 2.05) is 57.3 Å². The second-order valence-electron chi connectivity index (χ2n) is 6.64. The molecule has 1 aromatic heterocycles. The van der Waals surface area contributed by atoms with Crippen molar-refractivity contribution in [1.29, 1.82) is 0 Å². The molecule has 0 atom stereocenters. The molecule has 1 N–H and O–H groups in total. The summed E-state index contributed by atoms with van der Waals surface area (Å²) in [6, 6.07) is 12.7. The van der Waals surface area contributed by atoms with Gasteiger partial charge in [0.1, 0.15) is 0 Å². The van der Waals surface area contributed by atoms with Crippen LogP contribution in [-0.4, -0.2) is 28.8 Å². The molecule has 29 heavy (non-hydrogen) atoms. The van der Waals surface area contributed by atoms with Crippen molar-refractivity contribution in [1.82, 2.24) is 4.98 Å². The molecule has 2 aromatic carbocycles. The number of rotatable bonds is 9. The highest BCUT2D eigenvalue weighted by Gasteiger charge is 2.16. The van der Waals surface area contributed by atoms with Crippen LogP contribution >= 0.6 is 11.3 Å². The summed E-state index contributed by atoms with van der Waals surface area (Å²) in [6.45, 7) is 7.02. The molecule has 1 heterocycles. The molecule has 3 rings (SSSR count). The zero-order valence-corrected chi connectivity index (χ0v) is 17.5. The summed E-state index contributed by atoms with van der Waals surface area (Å²) in [5.41, 5.74) is 3.85. The van der Waals surface area contributed by atoms with Crippen LogP contribution in [0.4, 0.5) is 11.4 Å². The number of benzene rings is 2. The maximum atomic E-state index is 11.2. The van der Waals surface area contributed by atoms with Gasteiger partial charge in [-0.05, 0) is 57.2 Å². The number of ether oxygens (including phenoxy) is 2. The van der Waals surface area contributed by atoms with E-state index in [9.17, 15) is 9.90 Å². The van der Waals surface area contributed by atoms with Gasteiger partial charge in [0.15, 0.2) is 11.5 Å². The van der Waals surface area contributed by atoms with Crippen molar-refractivity contribution in [3.63, 3.8) is 0 Å². The summed E-state index contributed by atoms with van der Waals surface area (Å²) in [5.74, 6) is 0.430. The standard InChI is InChI=1S/C22H24N2O4S/c1-4-27-21-11-18(9-10-20(21)28-15(2)3)24(13-19-12-23-14-29-19)17-7-5-16(6-8-17)22(25)26/h5-12,14-15H,4,13H2,1-3H3,(H,25,26). The van der Waals surface area contributed by atoms with Crippen LogP contribution in [0.25, 0.3) is 0 Å². The van der Waals surface area contributed by atoms with E-state index < -0.39 is 5.97 Å². The minimum atomic E-state index is -0.945. The first-order valence-electron chi connectivity index (χ1n) is 9.39. The number of anilines is 2. The molecule has 0 bridgehead atoms. The number of carbonyl (C=O) groups is 1. The average molecular weight is 413 g/mol. The summed E-state index contributed by atoms with van der Waals surface area (Å²) in [5, 5.41) is 9.19. The van der Waals surface area contributed by atoms with E-state index in [4.69, 9.17) is 9.47 Å². The molecular weight excluding hydrogens is 388 g/mol. The fourth-order valence-corrected chi connectivity index (χ4v) is 3.46. The number of carboxylic acid groups (broad SMARTS) is 1. The molecule has 0 saturated heterocycles. The van der Waals surface area contributed by atoms with Crippen LogP contribution < -0.4 is 14.4 Å². The van der Waals surface area contributed by atoms with Crippen molar-refractivity contribution >= 4 is 28.7 Å². The Balaban J connectivity index is 2.00. The maximum Gasteiger partial charge on any atom is 0.335 e. The Morgan fingerprint density at radius 1 is 1.14 bits per heavy atom. The van der Waals surface area contributed by atoms with Gasteiger partial charge in [0, 0.05) is 28.5 Å². The third kappa shape index (κ3) is 5.26. The van der Waals surface area contributed by atoms with E-state index in [1.165, 1.54) is 0 Å². The SMILES string of the molecule is CCOc1cc(N(Cc2cncs2)c2ccc(C(=O)O)cc2)ccc1OC(C)C. The lowest BCUT2D eigenvalue weighted by Gasteiger charge is -2.26. The van der Waals surface area contributed by atoms with Crippen molar-refractivity contribution in [2.45, 2.75) is 33.4 Å². The zero-order valence-electron chi connectivity index (χ0n) is 16.7. The van der Waals surface area contributed by atoms with E-state index in [2.05, 4.69) is 9.88 Å². The molecule has 152 valence electrons. The lowest BCUT2D eigenvalue weighted by molar-refractivity contribution is 0.0697. The lowest BCUT2D eigenvalue weighted by Crippen LogP contribution is -2.16. The Hall–Kier alpha value is -3.06. The van der Waals surface area contributed by atoms with Crippen LogP contribution in [0.15, 0.2) is 54.2 Å². The molecule has 0 aliphatic heterocycles. The molecule has 0 aliphatic carbocycles. The molecule has 0 fully saturated rings. The lowest BCUT2D eigenvalue weighted by atomic mass is 10.1. The van der Waals surface area contributed by atoms with Crippen molar-refractivity contribution < 1.29 is 19.4 Å². The predicted molar refractivity (Wildman–Crippen MR) is 115 cm³/mol. The number of hydrogen-bond acceptors (Lipinski definition) is 6. The van der Waals surface area contributed by atoms with E-state index in [0.29, 0.717) is 24.7 Å². The summed E-state index contributed by atoms with van der Waals surface area (Å²) >= 11 is 1.57. The first-order valence-corrected chi connectivity index (χ1v) is 10.3. The predicted octanol–water partition coefficient (Wildman–Crippen LogP) is 5.37. The van der Waals surface area contributed by atoms with Crippen molar-refractivity contribution in [3.8, 4) is 11.5 Å². The summed E-state index contributed by atoms with van der Waals surface area (Å²) in [7, 11) is 0. The second kappa shape index (κ2) is 9.43. The number of aromatic carboxylic acids is 1. The number of hydrogen-bond donors (Lipinski definition) is 1.